The molecule has 1 aromatic carbocycles. The summed E-state index contributed by atoms with van der Waals surface area (Å²) < 4.78 is 1.76. The number of hydrogen-bond acceptors (Lipinski definition) is 1. The van der Waals surface area contributed by atoms with Crippen LogP contribution in [0.3, 0.4) is 0 Å². The van der Waals surface area contributed by atoms with Gasteiger partial charge in [0.25, 0.3) is 0 Å². The second-order valence-corrected chi connectivity index (χ2v) is 3.29. The van der Waals surface area contributed by atoms with E-state index in [1.165, 1.54) is 5.56 Å². The predicted octanol–water partition coefficient (Wildman–Crippen LogP) is -0.475. The average molecular weight is 336 g/mol. The SMILES string of the molecule is C(=C\c1ccccc1)/C=N/[n+]1ccccc1.[I-]. The van der Waals surface area contributed by atoms with Crippen molar-refractivity contribution in [2.24, 2.45) is 5.10 Å². The minimum absolute atomic E-state index is 0. The molecule has 2 nitrogen and oxygen atoms in total. The van der Waals surface area contributed by atoms with Crippen molar-refractivity contribution in [3.05, 3.63) is 72.6 Å². The van der Waals surface area contributed by atoms with E-state index in [9.17, 15) is 0 Å². The Hall–Kier alpha value is -1.49. The van der Waals surface area contributed by atoms with Crippen LogP contribution >= 0.6 is 0 Å². The van der Waals surface area contributed by atoms with E-state index in [-0.39, 0.29) is 24.0 Å². The fraction of sp³-hybridized carbons (Fsp3) is 0. The van der Waals surface area contributed by atoms with Crippen molar-refractivity contribution in [2.45, 2.75) is 0 Å². The van der Waals surface area contributed by atoms with Crippen molar-refractivity contribution in [1.29, 1.82) is 0 Å². The summed E-state index contributed by atoms with van der Waals surface area (Å²) in [5, 5.41) is 4.23. The largest absolute Gasteiger partial charge is 1.00 e. The Kier molecular flexibility index (Phi) is 6.17. The molecule has 2 aromatic rings. The van der Waals surface area contributed by atoms with Gasteiger partial charge in [-0.3, -0.25) is 0 Å². The molecule has 0 amide bonds. The summed E-state index contributed by atoms with van der Waals surface area (Å²) in [5.41, 5.74) is 1.17. The van der Waals surface area contributed by atoms with Crippen LogP contribution in [-0.2, 0) is 0 Å². The van der Waals surface area contributed by atoms with Crippen molar-refractivity contribution in [3.8, 4) is 0 Å². The summed E-state index contributed by atoms with van der Waals surface area (Å²) in [7, 11) is 0. The normalized spacial score (nSPS) is 10.6. The molecule has 0 unspecified atom stereocenters. The number of benzene rings is 1. The Bertz CT molecular complexity index is 431. The van der Waals surface area contributed by atoms with Crippen LogP contribution in [0, 0.1) is 0 Å². The van der Waals surface area contributed by atoms with Crippen LogP contribution in [0.25, 0.3) is 6.08 Å². The molecule has 3 heteroatoms. The van der Waals surface area contributed by atoms with Gasteiger partial charge in [0.05, 0.1) is 6.21 Å². The molecule has 17 heavy (non-hydrogen) atoms. The number of allylic oxidation sites excluding steroid dienone is 1. The molecule has 0 spiro atoms. The minimum Gasteiger partial charge on any atom is -1.00 e. The average Bonchev–Trinajstić information content (AvgIpc) is 2.37. The topological polar surface area (TPSA) is 16.2 Å². The molecule has 1 heterocycles. The number of rotatable bonds is 3. The second-order valence-electron chi connectivity index (χ2n) is 3.29. The maximum absolute atomic E-state index is 4.23. The predicted molar refractivity (Wildman–Crippen MR) is 66.0 cm³/mol. The van der Waals surface area contributed by atoms with E-state index in [1.54, 1.807) is 10.9 Å². The number of hydrogen-bond donors (Lipinski definition) is 0. The first kappa shape index (κ1) is 13.6. The van der Waals surface area contributed by atoms with E-state index in [1.807, 2.05) is 60.9 Å². The molecule has 0 saturated heterocycles. The van der Waals surface area contributed by atoms with E-state index in [0.717, 1.165) is 0 Å². The highest BCUT2D eigenvalue weighted by Gasteiger charge is 1.88. The lowest BCUT2D eigenvalue weighted by Gasteiger charge is -1.87. The standard InChI is InChI=1S/C14H13N2.HI/c1-3-8-14(9-4-1)10-7-11-15-16-12-5-2-6-13-16;/h1-13H;1H/q+1;/p-1/b10-7+,15-11+;. The molecule has 0 aliphatic rings. The molecule has 1 aromatic heterocycles. The molecular formula is C14H13IN2. The quantitative estimate of drug-likeness (QED) is 0.409. The number of pyridine rings is 1. The van der Waals surface area contributed by atoms with Gasteiger partial charge in [0, 0.05) is 12.1 Å². The summed E-state index contributed by atoms with van der Waals surface area (Å²) >= 11 is 0. The van der Waals surface area contributed by atoms with Crippen LogP contribution in [0.2, 0.25) is 0 Å². The van der Waals surface area contributed by atoms with Gasteiger partial charge in [-0.1, -0.05) is 47.2 Å². The van der Waals surface area contributed by atoms with Gasteiger partial charge in [-0.25, -0.2) is 0 Å². The Morgan fingerprint density at radius 2 is 1.53 bits per heavy atom. The molecule has 0 fully saturated rings. The molecule has 86 valence electrons. The molecule has 0 aliphatic carbocycles. The fourth-order valence-corrected chi connectivity index (χ4v) is 1.30. The van der Waals surface area contributed by atoms with Crippen LogP contribution < -0.4 is 28.7 Å². The highest BCUT2D eigenvalue weighted by Crippen LogP contribution is 1.99. The third kappa shape index (κ3) is 4.91. The minimum atomic E-state index is 0. The molecule has 0 atom stereocenters. The van der Waals surface area contributed by atoms with Crippen molar-refractivity contribution in [3.63, 3.8) is 0 Å². The van der Waals surface area contributed by atoms with Gasteiger partial charge in [-0.05, 0) is 16.7 Å². The Labute approximate surface area is 118 Å². The lowest BCUT2D eigenvalue weighted by molar-refractivity contribution is -0.678. The van der Waals surface area contributed by atoms with E-state index in [4.69, 9.17) is 0 Å². The molecule has 0 N–H and O–H groups in total. The van der Waals surface area contributed by atoms with Crippen LogP contribution in [0.4, 0.5) is 0 Å². The zero-order valence-electron chi connectivity index (χ0n) is 9.28. The highest BCUT2D eigenvalue weighted by molar-refractivity contribution is 5.77. The van der Waals surface area contributed by atoms with E-state index in [2.05, 4.69) is 17.2 Å². The van der Waals surface area contributed by atoms with Crippen molar-refractivity contribution in [2.75, 3.05) is 0 Å². The summed E-state index contributed by atoms with van der Waals surface area (Å²) in [6.45, 7) is 0. The monoisotopic (exact) mass is 336 g/mol. The lowest BCUT2D eigenvalue weighted by atomic mass is 10.2. The number of aromatic nitrogens is 1. The van der Waals surface area contributed by atoms with Gasteiger partial charge >= 0.3 is 0 Å². The van der Waals surface area contributed by atoms with E-state index in [0.29, 0.717) is 0 Å². The number of halogens is 1. The molecule has 2 rings (SSSR count). The Morgan fingerprint density at radius 1 is 0.882 bits per heavy atom. The van der Waals surface area contributed by atoms with Crippen molar-refractivity contribution >= 4 is 12.3 Å². The van der Waals surface area contributed by atoms with Gasteiger partial charge in [-0.2, -0.15) is 0 Å². The van der Waals surface area contributed by atoms with Crippen molar-refractivity contribution < 1.29 is 28.7 Å². The molecule has 0 bridgehead atoms. The van der Waals surface area contributed by atoms with E-state index < -0.39 is 0 Å². The van der Waals surface area contributed by atoms with Crippen molar-refractivity contribution in [1.82, 2.24) is 0 Å². The first-order valence-electron chi connectivity index (χ1n) is 5.17. The van der Waals surface area contributed by atoms with Gasteiger partial charge in [0.15, 0.2) is 0 Å². The van der Waals surface area contributed by atoms with Gasteiger partial charge < -0.3 is 24.0 Å². The summed E-state index contributed by atoms with van der Waals surface area (Å²) in [6, 6.07) is 16.0. The van der Waals surface area contributed by atoms with Crippen LogP contribution in [-0.4, -0.2) is 6.21 Å². The van der Waals surface area contributed by atoms with E-state index >= 15 is 0 Å². The first-order valence-corrected chi connectivity index (χ1v) is 5.17. The van der Waals surface area contributed by atoms with Crippen LogP contribution in [0.5, 0.6) is 0 Å². The maximum atomic E-state index is 4.23. The zero-order valence-corrected chi connectivity index (χ0v) is 11.4. The summed E-state index contributed by atoms with van der Waals surface area (Å²) in [4.78, 5) is 0. The lowest BCUT2D eigenvalue weighted by Crippen LogP contribution is -3.00. The summed E-state index contributed by atoms with van der Waals surface area (Å²) in [6.07, 6.45) is 9.51. The zero-order chi connectivity index (χ0) is 11.1. The van der Waals surface area contributed by atoms with Gasteiger partial charge in [-0.15, -0.1) is 0 Å². The highest BCUT2D eigenvalue weighted by atomic mass is 127. The number of nitrogens with zero attached hydrogens (tertiary/aromatic N) is 2. The maximum Gasteiger partial charge on any atom is 0.202 e. The van der Waals surface area contributed by atoms with Crippen LogP contribution in [0.15, 0.2) is 72.1 Å². The fourth-order valence-electron chi connectivity index (χ4n) is 1.30. The smallest absolute Gasteiger partial charge is 0.202 e. The molecule has 0 saturated carbocycles. The van der Waals surface area contributed by atoms with Gasteiger partial charge in [0.2, 0.25) is 12.4 Å². The molecule has 0 aliphatic heterocycles. The molecule has 0 radical (unpaired) electrons. The Morgan fingerprint density at radius 3 is 2.24 bits per heavy atom. The van der Waals surface area contributed by atoms with Crippen LogP contribution in [0.1, 0.15) is 5.56 Å². The summed E-state index contributed by atoms with van der Waals surface area (Å²) in [5.74, 6) is 0. The first-order chi connectivity index (χ1) is 7.95. The third-order valence-corrected chi connectivity index (χ3v) is 2.07. The third-order valence-electron chi connectivity index (χ3n) is 2.07. The second kappa shape index (κ2) is 7.73. The van der Waals surface area contributed by atoms with Gasteiger partial charge in [0.1, 0.15) is 0 Å². The molecular weight excluding hydrogens is 323 g/mol. The Balaban J connectivity index is 0.00000144.